The molecule has 3 aromatic carbocycles. The quantitative estimate of drug-likeness (QED) is 0.225. The topological polar surface area (TPSA) is 26.3 Å². The van der Waals surface area contributed by atoms with Gasteiger partial charge in [0.2, 0.25) is 0 Å². The van der Waals surface area contributed by atoms with E-state index in [0.29, 0.717) is 5.56 Å². The number of esters is 1. The Bertz CT molecular complexity index is 866. The highest BCUT2D eigenvalue weighted by Crippen LogP contribution is 2.33. The van der Waals surface area contributed by atoms with Crippen LogP contribution in [0.25, 0.3) is 0 Å². The molecule has 0 aliphatic heterocycles. The highest BCUT2D eigenvalue weighted by atomic mass is 127. The van der Waals surface area contributed by atoms with Gasteiger partial charge in [0, 0.05) is 25.3 Å². The molecule has 0 amide bonds. The summed E-state index contributed by atoms with van der Waals surface area (Å²) in [6.07, 6.45) is 0. The molecule has 2 nitrogen and oxygen atoms in total. The standard InChI is InChI=1S/C20H15I2O2S/c1-24-20(23)14-5-2-8-17(11-14)25(18-9-3-6-15(21)12-18)19-10-4-7-16(22)13-19/h2-13H,1H3/q+1. The number of benzene rings is 3. The van der Waals surface area contributed by atoms with Crippen molar-refractivity contribution in [3.05, 3.63) is 85.5 Å². The molecule has 0 aliphatic carbocycles. The van der Waals surface area contributed by atoms with E-state index in [1.165, 1.54) is 24.0 Å². The summed E-state index contributed by atoms with van der Waals surface area (Å²) in [7, 11) is 1.13. The molecule has 0 radical (unpaired) electrons. The van der Waals surface area contributed by atoms with Crippen LogP contribution in [-0.4, -0.2) is 13.1 Å². The summed E-state index contributed by atoms with van der Waals surface area (Å²) in [5.74, 6) is -0.310. The van der Waals surface area contributed by atoms with Gasteiger partial charge in [0.1, 0.15) is 0 Å². The van der Waals surface area contributed by atoms with Crippen molar-refractivity contribution in [3.63, 3.8) is 0 Å². The van der Waals surface area contributed by atoms with Crippen LogP contribution in [0.5, 0.6) is 0 Å². The van der Waals surface area contributed by atoms with E-state index >= 15 is 0 Å². The first-order valence-corrected chi connectivity index (χ1v) is 10.9. The van der Waals surface area contributed by atoms with E-state index in [1.54, 1.807) is 6.07 Å². The lowest BCUT2D eigenvalue weighted by Crippen LogP contribution is -2.08. The van der Waals surface area contributed by atoms with Crippen LogP contribution in [0.3, 0.4) is 0 Å². The fourth-order valence-electron chi connectivity index (χ4n) is 2.46. The van der Waals surface area contributed by atoms with Gasteiger partial charge in [0.15, 0.2) is 14.7 Å². The summed E-state index contributed by atoms with van der Waals surface area (Å²) >= 11 is 4.67. The zero-order valence-corrected chi connectivity index (χ0v) is 18.5. The maximum Gasteiger partial charge on any atom is 0.338 e. The third-order valence-corrected chi connectivity index (χ3v) is 7.07. The van der Waals surface area contributed by atoms with Gasteiger partial charge < -0.3 is 4.74 Å². The monoisotopic (exact) mass is 573 g/mol. The van der Waals surface area contributed by atoms with Crippen LogP contribution in [0.15, 0.2) is 87.5 Å². The van der Waals surface area contributed by atoms with Crippen LogP contribution < -0.4 is 0 Å². The van der Waals surface area contributed by atoms with Crippen LogP contribution in [0.1, 0.15) is 10.4 Å². The lowest BCUT2D eigenvalue weighted by Gasteiger charge is -2.09. The first kappa shape index (κ1) is 18.7. The molecule has 126 valence electrons. The number of carbonyl (C=O) groups excluding carboxylic acids is 1. The molecular formula is C20H15I2O2S+. The van der Waals surface area contributed by atoms with Crippen molar-refractivity contribution >= 4 is 62.0 Å². The molecule has 3 rings (SSSR count). The molecule has 25 heavy (non-hydrogen) atoms. The SMILES string of the molecule is COC(=O)c1cccc([S+](c2cccc(I)c2)c2cccc(I)c2)c1. The Morgan fingerprint density at radius 1 is 0.800 bits per heavy atom. The van der Waals surface area contributed by atoms with Gasteiger partial charge in [0.25, 0.3) is 0 Å². The zero-order chi connectivity index (χ0) is 17.8. The summed E-state index contributed by atoms with van der Waals surface area (Å²) in [4.78, 5) is 15.5. The van der Waals surface area contributed by atoms with Crippen molar-refractivity contribution < 1.29 is 9.53 Å². The first-order valence-electron chi connectivity index (χ1n) is 7.52. The van der Waals surface area contributed by atoms with Gasteiger partial charge in [-0.1, -0.05) is 18.2 Å². The molecule has 5 heteroatoms. The molecule has 0 saturated heterocycles. The smallest absolute Gasteiger partial charge is 0.338 e. The van der Waals surface area contributed by atoms with Crippen molar-refractivity contribution in [1.29, 1.82) is 0 Å². The van der Waals surface area contributed by atoms with E-state index in [2.05, 4.69) is 99.8 Å². The maximum absolute atomic E-state index is 11.9. The molecule has 0 saturated carbocycles. The largest absolute Gasteiger partial charge is 0.465 e. The van der Waals surface area contributed by atoms with Crippen LogP contribution in [0.4, 0.5) is 0 Å². The van der Waals surface area contributed by atoms with E-state index in [-0.39, 0.29) is 16.9 Å². The number of ether oxygens (including phenoxy) is 1. The molecule has 0 unspecified atom stereocenters. The van der Waals surface area contributed by atoms with Gasteiger partial charge in [-0.15, -0.1) is 0 Å². The van der Waals surface area contributed by atoms with Gasteiger partial charge >= 0.3 is 5.97 Å². The average molecular weight is 573 g/mol. The summed E-state index contributed by atoms with van der Waals surface area (Å²) < 4.78 is 7.28. The number of rotatable bonds is 4. The fraction of sp³-hybridized carbons (Fsp3) is 0.0500. The van der Waals surface area contributed by atoms with Crippen molar-refractivity contribution in [2.24, 2.45) is 0 Å². The Morgan fingerprint density at radius 3 is 1.76 bits per heavy atom. The van der Waals surface area contributed by atoms with E-state index in [4.69, 9.17) is 4.74 Å². The highest BCUT2D eigenvalue weighted by molar-refractivity contribution is 14.1. The second-order valence-electron chi connectivity index (χ2n) is 5.24. The molecule has 0 N–H and O–H groups in total. The Balaban J connectivity index is 2.16. The van der Waals surface area contributed by atoms with Crippen molar-refractivity contribution in [3.8, 4) is 0 Å². The molecule has 0 fully saturated rings. The summed E-state index contributed by atoms with van der Waals surface area (Å²) in [6.45, 7) is 0. The first-order chi connectivity index (χ1) is 12.1. The minimum Gasteiger partial charge on any atom is -0.465 e. The maximum atomic E-state index is 11.9. The molecular weight excluding hydrogens is 558 g/mol. The predicted molar refractivity (Wildman–Crippen MR) is 118 cm³/mol. The number of hydrogen-bond acceptors (Lipinski definition) is 2. The van der Waals surface area contributed by atoms with Crippen LogP contribution in [-0.2, 0) is 15.6 Å². The summed E-state index contributed by atoms with van der Waals surface area (Å²) in [5.41, 5.74) is 0.578. The van der Waals surface area contributed by atoms with Gasteiger partial charge in [-0.25, -0.2) is 4.79 Å². The number of halogens is 2. The van der Waals surface area contributed by atoms with Crippen molar-refractivity contribution in [2.75, 3.05) is 7.11 Å². The van der Waals surface area contributed by atoms with Crippen LogP contribution >= 0.6 is 45.2 Å². The minimum absolute atomic E-state index is 0.281. The van der Waals surface area contributed by atoms with Crippen LogP contribution in [0.2, 0.25) is 0 Å². The summed E-state index contributed by atoms with van der Waals surface area (Å²) in [5, 5.41) is 0. The fourth-order valence-corrected chi connectivity index (χ4v) is 6.17. The summed E-state index contributed by atoms with van der Waals surface area (Å²) in [6, 6.07) is 24.8. The number of hydrogen-bond donors (Lipinski definition) is 0. The third-order valence-electron chi connectivity index (χ3n) is 3.55. The van der Waals surface area contributed by atoms with Gasteiger partial charge in [0.05, 0.1) is 23.6 Å². The molecule has 0 spiro atoms. The van der Waals surface area contributed by atoms with E-state index in [0.717, 1.165) is 4.90 Å². The van der Waals surface area contributed by atoms with Crippen LogP contribution in [0, 0.1) is 7.14 Å². The minimum atomic E-state index is -0.310. The van der Waals surface area contributed by atoms with E-state index in [9.17, 15) is 4.79 Å². The van der Waals surface area contributed by atoms with Gasteiger partial charge in [-0.3, -0.25) is 0 Å². The average Bonchev–Trinajstić information content (AvgIpc) is 2.62. The highest BCUT2D eigenvalue weighted by Gasteiger charge is 2.30. The van der Waals surface area contributed by atoms with Gasteiger partial charge in [-0.05, 0) is 81.6 Å². The lowest BCUT2D eigenvalue weighted by molar-refractivity contribution is 0.0600. The van der Waals surface area contributed by atoms with E-state index in [1.807, 2.05) is 12.1 Å². The second kappa shape index (κ2) is 8.55. The Hall–Kier alpha value is -1.06. The van der Waals surface area contributed by atoms with Gasteiger partial charge in [-0.2, -0.15) is 0 Å². The number of methoxy groups -OCH3 is 1. The molecule has 0 bridgehead atoms. The van der Waals surface area contributed by atoms with Crippen molar-refractivity contribution in [2.45, 2.75) is 14.7 Å². The van der Waals surface area contributed by atoms with Crippen molar-refractivity contribution in [1.82, 2.24) is 0 Å². The van der Waals surface area contributed by atoms with E-state index < -0.39 is 0 Å². The molecule has 0 aromatic heterocycles. The number of carbonyl (C=O) groups is 1. The normalized spacial score (nSPS) is 10.7. The second-order valence-corrected chi connectivity index (χ2v) is 9.76. The molecule has 0 heterocycles. The Morgan fingerprint density at radius 2 is 1.28 bits per heavy atom. The molecule has 0 atom stereocenters. The zero-order valence-electron chi connectivity index (χ0n) is 13.4. The Kier molecular flexibility index (Phi) is 6.40. The molecule has 3 aromatic rings. The third kappa shape index (κ3) is 4.57. The lowest BCUT2D eigenvalue weighted by atomic mass is 10.2. The molecule has 0 aliphatic rings. The Labute approximate surface area is 177 Å². The predicted octanol–water partition coefficient (Wildman–Crippen LogP) is 5.78.